The predicted molar refractivity (Wildman–Crippen MR) is 79.1 cm³/mol. The molecule has 0 aromatic rings. The molecule has 21 heavy (non-hydrogen) atoms. The maximum Gasteiger partial charge on any atom is 0.269 e. The van der Waals surface area contributed by atoms with E-state index in [9.17, 15) is 9.46 Å². The zero-order valence-electron chi connectivity index (χ0n) is 12.9. The van der Waals surface area contributed by atoms with E-state index < -0.39 is 13.9 Å². The Hall–Kier alpha value is -1.95. The van der Waals surface area contributed by atoms with Crippen molar-refractivity contribution in [3.05, 3.63) is 53.4 Å². The zero-order valence-corrected chi connectivity index (χ0v) is 12.8. The Kier molecular flexibility index (Phi) is 9.64. The molecule has 4 nitrogen and oxygen atoms in total. The minimum absolute atomic E-state index is 0.0387. The first-order valence-corrected chi connectivity index (χ1v) is 7.56. The maximum absolute atomic E-state index is 11.5. The Morgan fingerprint density at radius 1 is 1.48 bits per heavy atom. The van der Waals surface area contributed by atoms with Gasteiger partial charge in [0.15, 0.2) is 0 Å². The van der Waals surface area contributed by atoms with Crippen molar-refractivity contribution < 1.29 is 19.9 Å². The van der Waals surface area contributed by atoms with Crippen LogP contribution in [0.5, 0.6) is 0 Å². The fraction of sp³-hybridized carbons (Fsp3) is 0.312. The van der Waals surface area contributed by atoms with Crippen molar-refractivity contribution in [1.82, 2.24) is 0 Å². The molecule has 0 saturated carbocycles. The normalized spacial score (nSPS) is 14.0. The minimum Gasteiger partial charge on any atom is -0.756 e. The summed E-state index contributed by atoms with van der Waals surface area (Å²) in [5.41, 5.74) is 11.8. The van der Waals surface area contributed by atoms with E-state index in [-0.39, 0.29) is 12.7 Å². The van der Waals surface area contributed by atoms with Gasteiger partial charge in [-0.3, -0.25) is 9.09 Å². The molecule has 0 saturated heterocycles. The molecule has 0 fully saturated rings. The second kappa shape index (κ2) is 11.8. The fourth-order valence-electron chi connectivity index (χ4n) is 0.933. The molecule has 0 heterocycles. The van der Waals surface area contributed by atoms with E-state index in [1.165, 1.54) is 6.08 Å². The van der Waals surface area contributed by atoms with E-state index in [4.69, 9.17) is 5.89 Å². The third-order valence-corrected chi connectivity index (χ3v) is 2.66. The lowest BCUT2D eigenvalue weighted by Gasteiger charge is -2.24. The van der Waals surface area contributed by atoms with Gasteiger partial charge in [-0.05, 0) is 43.2 Å². The lowest BCUT2D eigenvalue weighted by molar-refractivity contribution is -0.226. The Balaban J connectivity index is 5.21. The molecule has 0 N–H and O–H groups in total. The summed E-state index contributed by atoms with van der Waals surface area (Å²) < 4.78 is 28.4. The molecule has 0 aromatic heterocycles. The molecule has 0 aliphatic heterocycles. The number of hydrogen-bond acceptors (Lipinski definition) is 4. The van der Waals surface area contributed by atoms with Gasteiger partial charge in [0.2, 0.25) is 0 Å². The van der Waals surface area contributed by atoms with Crippen LogP contribution in [0.15, 0.2) is 53.4 Å². The molecular weight excluding hydrogens is 287 g/mol. The number of allylic oxidation sites excluding steroid dienone is 2. The van der Waals surface area contributed by atoms with Crippen molar-refractivity contribution in [2.75, 3.05) is 6.61 Å². The van der Waals surface area contributed by atoms with Gasteiger partial charge in [0.1, 0.15) is 6.10 Å². The average molecular weight is 305 g/mol. The smallest absolute Gasteiger partial charge is 0.269 e. The topological polar surface area (TPSA) is 58.6 Å². The highest BCUT2D eigenvalue weighted by Crippen LogP contribution is 2.39. The quantitative estimate of drug-likeness (QED) is 0.328. The van der Waals surface area contributed by atoms with Crippen LogP contribution in [0.2, 0.25) is 0 Å². The fourth-order valence-corrected chi connectivity index (χ4v) is 1.80. The highest BCUT2D eigenvalue weighted by atomic mass is 31.2. The molecule has 0 radical (unpaired) electrons. The zero-order chi connectivity index (χ0) is 16.8. The average Bonchev–Trinajstić information content (AvgIpc) is 2.47. The second-order valence-corrected chi connectivity index (χ2v) is 4.77. The molecule has 0 aromatic carbocycles. The molecule has 5 heteroatoms. The van der Waals surface area contributed by atoms with Crippen LogP contribution in [0.3, 0.4) is 0 Å². The summed E-state index contributed by atoms with van der Waals surface area (Å²) in [7, 11) is -4.43. The van der Waals surface area contributed by atoms with E-state index >= 15 is 0 Å². The lowest BCUT2D eigenvalue weighted by Crippen LogP contribution is -2.15. The largest absolute Gasteiger partial charge is 0.756 e. The Bertz CT molecular complexity index is 696. The molecule has 110 valence electrons. The summed E-state index contributed by atoms with van der Waals surface area (Å²) in [6.45, 7) is 6.77. The molecule has 0 amide bonds. The van der Waals surface area contributed by atoms with Crippen LogP contribution in [0, 0.1) is 11.8 Å². The summed E-state index contributed by atoms with van der Waals surface area (Å²) in [5, 5.41) is 0. The van der Waals surface area contributed by atoms with Crippen LogP contribution in [-0.4, -0.2) is 12.7 Å². The standard InChI is InChI=1S/C16H17O4P/c1-4-7-8-9-10-11-12-14-16(13-5-2)20-21(17,18)19-15-6-3/h5,11,13,16H,1,6,15H2,2-3H3,(H,17,18)/p-1/b13-5+/i11T. The van der Waals surface area contributed by atoms with Gasteiger partial charge in [0, 0.05) is 6.05 Å². The van der Waals surface area contributed by atoms with E-state index in [1.54, 1.807) is 19.9 Å². The maximum atomic E-state index is 11.5. The molecule has 0 aliphatic carbocycles. The predicted octanol–water partition coefficient (Wildman–Crippen LogP) is 2.81. The molecule has 2 atom stereocenters. The van der Waals surface area contributed by atoms with E-state index in [2.05, 4.69) is 51.6 Å². The number of rotatable bonds is 6. The van der Waals surface area contributed by atoms with Crippen molar-refractivity contribution in [3.8, 4) is 11.8 Å². The Morgan fingerprint density at radius 3 is 2.86 bits per heavy atom. The van der Waals surface area contributed by atoms with Crippen LogP contribution in [0.4, 0.5) is 0 Å². The van der Waals surface area contributed by atoms with E-state index in [0.29, 0.717) is 6.42 Å². The number of hydrogen-bond donors (Lipinski definition) is 0. The van der Waals surface area contributed by atoms with Gasteiger partial charge in [-0.15, -0.1) is 0 Å². The number of phosphoric acid groups is 1. The highest BCUT2D eigenvalue weighted by molar-refractivity contribution is 7.45. The first-order valence-electron chi connectivity index (χ1n) is 6.60. The van der Waals surface area contributed by atoms with Crippen LogP contribution in [-0.2, 0) is 13.6 Å². The second-order valence-electron chi connectivity index (χ2n) is 3.40. The van der Waals surface area contributed by atoms with E-state index in [1.807, 2.05) is 0 Å². The summed E-state index contributed by atoms with van der Waals surface area (Å²) in [6, 6.07) is -0.216. The molecule has 0 spiro atoms. The number of phosphoric ester groups is 1. The van der Waals surface area contributed by atoms with Crippen LogP contribution in [0.1, 0.15) is 21.6 Å². The van der Waals surface area contributed by atoms with Crippen molar-refractivity contribution in [2.24, 2.45) is 0 Å². The molecule has 2 unspecified atom stereocenters. The summed E-state index contributed by atoms with van der Waals surface area (Å²) >= 11 is 0. The summed E-state index contributed by atoms with van der Waals surface area (Å²) in [5.74, 6) is 4.87. The van der Waals surface area contributed by atoms with Gasteiger partial charge < -0.3 is 9.42 Å². The third kappa shape index (κ3) is 11.6. The first-order chi connectivity index (χ1) is 10.4. The lowest BCUT2D eigenvalue weighted by atomic mass is 10.3. The van der Waals surface area contributed by atoms with Gasteiger partial charge >= 0.3 is 0 Å². The molecule has 0 bridgehead atoms. The van der Waals surface area contributed by atoms with Crippen molar-refractivity contribution >= 4 is 7.82 Å². The summed E-state index contributed by atoms with van der Waals surface area (Å²) in [4.78, 5) is 11.5. The van der Waals surface area contributed by atoms with Crippen LogP contribution >= 0.6 is 7.82 Å². The van der Waals surface area contributed by atoms with Gasteiger partial charge in [-0.2, -0.15) is 0 Å². The monoisotopic (exact) mass is 305 g/mol. The van der Waals surface area contributed by atoms with Crippen molar-refractivity contribution in [2.45, 2.75) is 26.4 Å². The third-order valence-electron chi connectivity index (χ3n) is 1.68. The first kappa shape index (κ1) is 17.1. The SMILES string of the molecule is [3H]C(=C=C=C=C=C=C)C#CC(/C=C/C)OP(=O)([O-])OCCC. The Morgan fingerprint density at radius 2 is 2.24 bits per heavy atom. The van der Waals surface area contributed by atoms with Crippen molar-refractivity contribution in [3.63, 3.8) is 0 Å². The van der Waals surface area contributed by atoms with Crippen LogP contribution < -0.4 is 4.89 Å². The minimum atomic E-state index is -4.43. The molecule has 0 rings (SSSR count). The van der Waals surface area contributed by atoms with E-state index in [0.717, 1.165) is 0 Å². The van der Waals surface area contributed by atoms with Gasteiger partial charge in [-0.1, -0.05) is 36.3 Å². The Labute approximate surface area is 126 Å². The van der Waals surface area contributed by atoms with Gasteiger partial charge in [0.25, 0.3) is 7.82 Å². The van der Waals surface area contributed by atoms with Crippen molar-refractivity contribution in [1.29, 1.82) is 0 Å². The van der Waals surface area contributed by atoms with Crippen LogP contribution in [0.25, 0.3) is 0 Å². The highest BCUT2D eigenvalue weighted by Gasteiger charge is 2.13. The van der Waals surface area contributed by atoms with Gasteiger partial charge in [0.05, 0.1) is 7.98 Å². The summed E-state index contributed by atoms with van der Waals surface area (Å²) in [6.07, 6.45) is 2.51. The molecule has 0 aliphatic rings. The van der Waals surface area contributed by atoms with Gasteiger partial charge in [-0.25, -0.2) is 0 Å². The molecular formula is C16H16O4P-.